The van der Waals surface area contributed by atoms with Crippen LogP contribution in [-0.4, -0.2) is 23.6 Å². The van der Waals surface area contributed by atoms with Gasteiger partial charge in [0.05, 0.1) is 5.69 Å². The summed E-state index contributed by atoms with van der Waals surface area (Å²) >= 11 is 0. The summed E-state index contributed by atoms with van der Waals surface area (Å²) in [5.74, 6) is 0.322. The van der Waals surface area contributed by atoms with Crippen LogP contribution in [0, 0.1) is 12.7 Å². The molecule has 1 N–H and O–H groups in total. The van der Waals surface area contributed by atoms with Crippen molar-refractivity contribution in [2.24, 2.45) is 0 Å². The van der Waals surface area contributed by atoms with Gasteiger partial charge in [0.1, 0.15) is 5.60 Å². The molecule has 1 rings (SSSR count). The quantitative estimate of drug-likeness (QED) is 0.860. The third kappa shape index (κ3) is 2.72. The molecule has 1 heterocycles. The number of hydrogen-bond acceptors (Lipinski definition) is 4. The van der Waals surface area contributed by atoms with E-state index in [0.29, 0.717) is 18.1 Å². The first-order valence-corrected chi connectivity index (χ1v) is 5.84. The molecule has 0 spiro atoms. The molecule has 1 aromatic heterocycles. The van der Waals surface area contributed by atoms with Gasteiger partial charge in [0.2, 0.25) is 0 Å². The van der Waals surface area contributed by atoms with E-state index in [0.717, 1.165) is 6.42 Å². The second-order valence-electron chi connectivity index (χ2n) is 4.06. The zero-order chi connectivity index (χ0) is 13.1. The molecule has 0 aromatic carbocycles. The fraction of sp³-hybridized carbons (Fsp3) is 0.667. The van der Waals surface area contributed by atoms with Gasteiger partial charge in [-0.25, -0.2) is 14.4 Å². The topological polar surface area (TPSA) is 47.0 Å². The minimum Gasteiger partial charge on any atom is -0.371 e. The van der Waals surface area contributed by atoms with E-state index < -0.39 is 11.4 Å². The van der Waals surface area contributed by atoms with Crippen LogP contribution in [0.4, 0.5) is 10.2 Å². The van der Waals surface area contributed by atoms with Crippen molar-refractivity contribution in [3.05, 3.63) is 17.3 Å². The molecule has 1 aromatic rings. The molecule has 1 unspecified atom stereocenters. The standard InChI is InChI=1S/C12H20FN3O/c1-6-12(4,17-7-2)11-15-8(3)9(13)10(14-5)16-11/h6-7H2,1-5H3,(H,14,15,16). The van der Waals surface area contributed by atoms with E-state index in [1.54, 1.807) is 14.0 Å². The van der Waals surface area contributed by atoms with Crippen LogP contribution in [0.3, 0.4) is 0 Å². The second-order valence-corrected chi connectivity index (χ2v) is 4.06. The number of aryl methyl sites for hydroxylation is 1. The van der Waals surface area contributed by atoms with Gasteiger partial charge in [-0.3, -0.25) is 0 Å². The Morgan fingerprint density at radius 3 is 2.47 bits per heavy atom. The summed E-state index contributed by atoms with van der Waals surface area (Å²) in [7, 11) is 1.64. The summed E-state index contributed by atoms with van der Waals surface area (Å²) in [5.41, 5.74) is -0.238. The molecule has 17 heavy (non-hydrogen) atoms. The highest BCUT2D eigenvalue weighted by molar-refractivity contribution is 5.37. The zero-order valence-electron chi connectivity index (χ0n) is 11.1. The van der Waals surface area contributed by atoms with Crippen molar-refractivity contribution < 1.29 is 9.13 Å². The number of ether oxygens (including phenoxy) is 1. The highest BCUT2D eigenvalue weighted by Crippen LogP contribution is 2.28. The van der Waals surface area contributed by atoms with Crippen LogP contribution < -0.4 is 5.32 Å². The van der Waals surface area contributed by atoms with Gasteiger partial charge in [-0.05, 0) is 27.2 Å². The Balaban J connectivity index is 3.25. The minimum atomic E-state index is -0.571. The molecule has 0 saturated carbocycles. The van der Waals surface area contributed by atoms with Gasteiger partial charge >= 0.3 is 0 Å². The number of rotatable bonds is 5. The maximum absolute atomic E-state index is 13.6. The maximum Gasteiger partial charge on any atom is 0.186 e. The molecule has 5 heteroatoms. The number of aromatic nitrogens is 2. The van der Waals surface area contributed by atoms with E-state index in [1.165, 1.54) is 0 Å². The van der Waals surface area contributed by atoms with E-state index >= 15 is 0 Å². The summed E-state index contributed by atoms with van der Waals surface area (Å²) in [6.07, 6.45) is 0.731. The van der Waals surface area contributed by atoms with Gasteiger partial charge < -0.3 is 10.1 Å². The predicted molar refractivity (Wildman–Crippen MR) is 65.5 cm³/mol. The van der Waals surface area contributed by atoms with Crippen molar-refractivity contribution in [2.45, 2.75) is 39.7 Å². The van der Waals surface area contributed by atoms with Crippen molar-refractivity contribution in [1.82, 2.24) is 9.97 Å². The summed E-state index contributed by atoms with van der Waals surface area (Å²) in [5, 5.41) is 2.73. The van der Waals surface area contributed by atoms with Crippen LogP contribution in [0.2, 0.25) is 0 Å². The Labute approximate surface area is 102 Å². The summed E-state index contributed by atoms with van der Waals surface area (Å²) in [6, 6.07) is 0. The normalized spacial score (nSPS) is 14.5. The lowest BCUT2D eigenvalue weighted by Crippen LogP contribution is -2.29. The third-order valence-electron chi connectivity index (χ3n) is 2.86. The SMILES string of the molecule is CCOC(C)(CC)c1nc(C)c(F)c(NC)n1. The first kappa shape index (κ1) is 13.8. The molecule has 0 aliphatic carbocycles. The number of nitrogens with zero attached hydrogens (tertiary/aromatic N) is 2. The molecule has 0 saturated heterocycles. The third-order valence-corrected chi connectivity index (χ3v) is 2.86. The smallest absolute Gasteiger partial charge is 0.186 e. The molecule has 1 atom stereocenters. The van der Waals surface area contributed by atoms with Crippen LogP contribution in [-0.2, 0) is 10.3 Å². The Morgan fingerprint density at radius 1 is 1.35 bits per heavy atom. The van der Waals surface area contributed by atoms with Gasteiger partial charge in [-0.1, -0.05) is 6.92 Å². The van der Waals surface area contributed by atoms with Crippen LogP contribution in [0.1, 0.15) is 38.7 Å². The molecule has 0 aliphatic heterocycles. The van der Waals surface area contributed by atoms with E-state index in [9.17, 15) is 4.39 Å². The lowest BCUT2D eigenvalue weighted by molar-refractivity contribution is -0.0391. The molecule has 0 fully saturated rings. The molecule has 0 radical (unpaired) electrons. The molecule has 0 amide bonds. The minimum absolute atomic E-state index is 0.215. The Bertz CT molecular complexity index is 398. The van der Waals surface area contributed by atoms with E-state index in [1.807, 2.05) is 20.8 Å². The lowest BCUT2D eigenvalue weighted by atomic mass is 10.0. The molecule has 0 bridgehead atoms. The van der Waals surface area contributed by atoms with Crippen LogP contribution in [0.5, 0.6) is 0 Å². The molecule has 0 aliphatic rings. The van der Waals surface area contributed by atoms with Crippen molar-refractivity contribution in [3.63, 3.8) is 0 Å². The monoisotopic (exact) mass is 241 g/mol. The van der Waals surface area contributed by atoms with Crippen molar-refractivity contribution in [1.29, 1.82) is 0 Å². The maximum atomic E-state index is 13.6. The Kier molecular flexibility index (Phi) is 4.40. The molecule has 96 valence electrons. The number of halogens is 1. The average molecular weight is 241 g/mol. The predicted octanol–water partition coefficient (Wildman–Crippen LogP) is 2.63. The van der Waals surface area contributed by atoms with Crippen LogP contribution in [0.25, 0.3) is 0 Å². The van der Waals surface area contributed by atoms with E-state index in [4.69, 9.17) is 4.74 Å². The summed E-state index contributed by atoms with van der Waals surface area (Å²) < 4.78 is 19.3. The van der Waals surface area contributed by atoms with Crippen molar-refractivity contribution >= 4 is 5.82 Å². The van der Waals surface area contributed by atoms with Gasteiger partial charge in [0, 0.05) is 13.7 Å². The first-order valence-electron chi connectivity index (χ1n) is 5.84. The molecule has 4 nitrogen and oxygen atoms in total. The van der Waals surface area contributed by atoms with Gasteiger partial charge in [-0.15, -0.1) is 0 Å². The lowest BCUT2D eigenvalue weighted by Gasteiger charge is -2.27. The fourth-order valence-corrected chi connectivity index (χ4v) is 1.60. The van der Waals surface area contributed by atoms with Crippen LogP contribution >= 0.6 is 0 Å². The van der Waals surface area contributed by atoms with Gasteiger partial charge in [-0.2, -0.15) is 0 Å². The van der Waals surface area contributed by atoms with Gasteiger partial charge in [0.15, 0.2) is 17.5 Å². The zero-order valence-corrected chi connectivity index (χ0v) is 11.1. The average Bonchev–Trinajstić information content (AvgIpc) is 2.32. The summed E-state index contributed by atoms with van der Waals surface area (Å²) in [6.45, 7) is 8.03. The highest BCUT2D eigenvalue weighted by atomic mass is 19.1. The highest BCUT2D eigenvalue weighted by Gasteiger charge is 2.30. The van der Waals surface area contributed by atoms with Gasteiger partial charge in [0.25, 0.3) is 0 Å². The van der Waals surface area contributed by atoms with E-state index in [-0.39, 0.29) is 5.82 Å². The number of nitrogens with one attached hydrogen (secondary N) is 1. The Hall–Kier alpha value is -1.23. The summed E-state index contributed by atoms with van der Waals surface area (Å²) in [4.78, 5) is 8.38. The van der Waals surface area contributed by atoms with Crippen molar-refractivity contribution in [2.75, 3.05) is 19.0 Å². The largest absolute Gasteiger partial charge is 0.371 e. The van der Waals surface area contributed by atoms with Crippen LogP contribution in [0.15, 0.2) is 0 Å². The van der Waals surface area contributed by atoms with Crippen molar-refractivity contribution in [3.8, 4) is 0 Å². The molecular formula is C12H20FN3O. The second kappa shape index (κ2) is 5.40. The number of hydrogen-bond donors (Lipinski definition) is 1. The Morgan fingerprint density at radius 2 is 2.00 bits per heavy atom. The molecular weight excluding hydrogens is 221 g/mol. The van der Waals surface area contributed by atoms with E-state index in [2.05, 4.69) is 15.3 Å². The number of anilines is 1. The fourth-order valence-electron chi connectivity index (χ4n) is 1.60. The first-order chi connectivity index (χ1) is 7.98.